The average molecular weight is 572 g/mol. The summed E-state index contributed by atoms with van der Waals surface area (Å²) in [6.07, 6.45) is 0. The molecule has 0 aliphatic heterocycles. The van der Waals surface area contributed by atoms with E-state index in [2.05, 4.69) is 10.0 Å². The van der Waals surface area contributed by atoms with Gasteiger partial charge in [-0.2, -0.15) is 0 Å². The molecule has 0 saturated carbocycles. The Labute approximate surface area is 234 Å². The SMILES string of the molecule is COc1ccc(CN(C(=O)COc2ccc(S(=O)(=O)Nc3ccc(F)cc3)cc2)[C@H](C)C(=O)NCC(C)C)cc1. The predicted molar refractivity (Wildman–Crippen MR) is 150 cm³/mol. The van der Waals surface area contributed by atoms with Gasteiger partial charge in [0.05, 0.1) is 12.0 Å². The summed E-state index contributed by atoms with van der Waals surface area (Å²) in [4.78, 5) is 27.4. The number of sulfonamides is 1. The van der Waals surface area contributed by atoms with E-state index in [1.54, 1.807) is 26.2 Å². The van der Waals surface area contributed by atoms with Gasteiger partial charge in [0.2, 0.25) is 5.91 Å². The largest absolute Gasteiger partial charge is 0.497 e. The van der Waals surface area contributed by atoms with Crippen LogP contribution in [0.15, 0.2) is 77.7 Å². The molecule has 0 fully saturated rings. The molecule has 2 N–H and O–H groups in total. The minimum absolute atomic E-state index is 0.0351. The van der Waals surface area contributed by atoms with Crippen molar-refractivity contribution in [3.05, 3.63) is 84.2 Å². The van der Waals surface area contributed by atoms with Crippen LogP contribution in [-0.2, 0) is 26.2 Å². The zero-order chi connectivity index (χ0) is 29.3. The highest BCUT2D eigenvalue weighted by molar-refractivity contribution is 7.92. The van der Waals surface area contributed by atoms with Gasteiger partial charge in [0, 0.05) is 18.8 Å². The van der Waals surface area contributed by atoms with Crippen molar-refractivity contribution in [2.75, 3.05) is 25.0 Å². The van der Waals surface area contributed by atoms with Crippen LogP contribution in [0, 0.1) is 11.7 Å². The van der Waals surface area contributed by atoms with Gasteiger partial charge in [-0.15, -0.1) is 0 Å². The number of carbonyl (C=O) groups excluding carboxylic acids is 2. The van der Waals surface area contributed by atoms with E-state index in [0.717, 1.165) is 17.7 Å². The lowest BCUT2D eigenvalue weighted by Crippen LogP contribution is -2.49. The lowest BCUT2D eigenvalue weighted by atomic mass is 10.1. The van der Waals surface area contributed by atoms with Crippen LogP contribution in [0.3, 0.4) is 0 Å². The van der Waals surface area contributed by atoms with Crippen molar-refractivity contribution in [3.63, 3.8) is 0 Å². The number of methoxy groups -OCH3 is 1. The highest BCUT2D eigenvalue weighted by atomic mass is 32.2. The summed E-state index contributed by atoms with van der Waals surface area (Å²) in [5.41, 5.74) is 1.02. The molecular formula is C29H34FN3O6S. The number of rotatable bonds is 13. The quantitative estimate of drug-likeness (QED) is 0.318. The van der Waals surface area contributed by atoms with Crippen LogP contribution in [0.5, 0.6) is 11.5 Å². The number of halogens is 1. The summed E-state index contributed by atoms with van der Waals surface area (Å²) in [6, 6.07) is 16.9. The van der Waals surface area contributed by atoms with Gasteiger partial charge in [-0.1, -0.05) is 26.0 Å². The normalized spacial score (nSPS) is 11.9. The second-order valence-electron chi connectivity index (χ2n) is 9.56. The van der Waals surface area contributed by atoms with Crippen molar-refractivity contribution in [3.8, 4) is 11.5 Å². The van der Waals surface area contributed by atoms with Gasteiger partial charge in [-0.3, -0.25) is 14.3 Å². The first kappa shape index (κ1) is 30.4. The highest BCUT2D eigenvalue weighted by Crippen LogP contribution is 2.20. The third-order valence-corrected chi connectivity index (χ3v) is 7.35. The fourth-order valence-corrected chi connectivity index (χ4v) is 4.70. The second kappa shape index (κ2) is 13.8. The van der Waals surface area contributed by atoms with E-state index in [9.17, 15) is 22.4 Å². The van der Waals surface area contributed by atoms with Crippen molar-refractivity contribution in [1.82, 2.24) is 10.2 Å². The Morgan fingerprint density at radius 2 is 1.50 bits per heavy atom. The highest BCUT2D eigenvalue weighted by Gasteiger charge is 2.26. The maximum absolute atomic E-state index is 13.2. The number of anilines is 1. The predicted octanol–water partition coefficient (Wildman–Crippen LogP) is 4.20. The Hall–Kier alpha value is -4.12. The molecule has 3 rings (SSSR count). The molecule has 0 unspecified atom stereocenters. The van der Waals surface area contributed by atoms with E-state index >= 15 is 0 Å². The first-order valence-electron chi connectivity index (χ1n) is 12.7. The molecule has 0 aliphatic carbocycles. The number of carbonyl (C=O) groups is 2. The fraction of sp³-hybridized carbons (Fsp3) is 0.310. The average Bonchev–Trinajstić information content (AvgIpc) is 2.94. The number of ether oxygens (including phenoxy) is 2. The molecule has 0 heterocycles. The maximum atomic E-state index is 13.2. The monoisotopic (exact) mass is 571 g/mol. The Morgan fingerprint density at radius 3 is 2.08 bits per heavy atom. The van der Waals surface area contributed by atoms with Gasteiger partial charge in [-0.05, 0) is 79.1 Å². The number of amides is 2. The smallest absolute Gasteiger partial charge is 0.261 e. The molecule has 11 heteroatoms. The number of hydrogen-bond acceptors (Lipinski definition) is 6. The summed E-state index contributed by atoms with van der Waals surface area (Å²) < 4.78 is 51.6. The van der Waals surface area contributed by atoms with E-state index in [0.29, 0.717) is 12.3 Å². The van der Waals surface area contributed by atoms with Crippen molar-refractivity contribution in [2.45, 2.75) is 38.3 Å². The maximum Gasteiger partial charge on any atom is 0.261 e. The number of nitrogens with one attached hydrogen (secondary N) is 2. The molecule has 0 radical (unpaired) electrons. The summed E-state index contributed by atoms with van der Waals surface area (Å²) >= 11 is 0. The minimum Gasteiger partial charge on any atom is -0.497 e. The molecule has 214 valence electrons. The van der Waals surface area contributed by atoms with E-state index in [1.165, 1.54) is 41.3 Å². The molecule has 2 amide bonds. The lowest BCUT2D eigenvalue weighted by molar-refractivity contribution is -0.142. The fourth-order valence-electron chi connectivity index (χ4n) is 3.64. The third kappa shape index (κ3) is 8.70. The van der Waals surface area contributed by atoms with Crippen LogP contribution in [0.4, 0.5) is 10.1 Å². The van der Waals surface area contributed by atoms with Gasteiger partial charge in [0.15, 0.2) is 6.61 Å². The van der Waals surface area contributed by atoms with Crippen molar-refractivity contribution in [2.24, 2.45) is 5.92 Å². The second-order valence-corrected chi connectivity index (χ2v) is 11.2. The zero-order valence-electron chi connectivity index (χ0n) is 22.9. The molecule has 3 aromatic rings. The van der Waals surface area contributed by atoms with E-state index in [-0.39, 0.29) is 41.3 Å². The third-order valence-electron chi connectivity index (χ3n) is 5.96. The van der Waals surface area contributed by atoms with Gasteiger partial charge >= 0.3 is 0 Å². The molecule has 0 saturated heterocycles. The topological polar surface area (TPSA) is 114 Å². The molecule has 0 aromatic heterocycles. The number of hydrogen-bond donors (Lipinski definition) is 2. The van der Waals surface area contributed by atoms with Crippen LogP contribution < -0.4 is 19.5 Å². The Kier molecular flexibility index (Phi) is 10.5. The van der Waals surface area contributed by atoms with Gasteiger partial charge in [0.1, 0.15) is 23.4 Å². The Morgan fingerprint density at radius 1 is 0.900 bits per heavy atom. The van der Waals surface area contributed by atoms with Crippen molar-refractivity contribution in [1.29, 1.82) is 0 Å². The van der Waals surface area contributed by atoms with Gasteiger partial charge < -0.3 is 19.7 Å². The van der Waals surface area contributed by atoms with E-state index in [4.69, 9.17) is 9.47 Å². The van der Waals surface area contributed by atoms with Gasteiger partial charge in [-0.25, -0.2) is 12.8 Å². The van der Waals surface area contributed by atoms with Crippen LogP contribution in [0.2, 0.25) is 0 Å². The van der Waals surface area contributed by atoms with Gasteiger partial charge in [0.25, 0.3) is 15.9 Å². The Balaban J connectivity index is 1.68. The van der Waals surface area contributed by atoms with Crippen molar-refractivity contribution < 1.29 is 31.9 Å². The summed E-state index contributed by atoms with van der Waals surface area (Å²) in [6.45, 7) is 5.91. The zero-order valence-corrected chi connectivity index (χ0v) is 23.7. The molecule has 0 bridgehead atoms. The molecule has 9 nitrogen and oxygen atoms in total. The standard InChI is InChI=1S/C29H34FN3O6S/c1-20(2)17-31-29(35)21(3)33(18-22-5-11-25(38-4)12-6-22)28(34)19-39-26-13-15-27(16-14-26)40(36,37)32-24-9-7-23(30)8-10-24/h5-16,20-21,32H,17-19H2,1-4H3,(H,31,35)/t21-/m1/s1. The minimum atomic E-state index is -3.92. The molecule has 0 spiro atoms. The summed E-state index contributed by atoms with van der Waals surface area (Å²) in [5, 5.41) is 2.86. The molecular weight excluding hydrogens is 537 g/mol. The molecule has 1 atom stereocenters. The molecule has 40 heavy (non-hydrogen) atoms. The van der Waals surface area contributed by atoms with E-state index in [1.807, 2.05) is 26.0 Å². The molecule has 3 aromatic carbocycles. The molecule has 0 aliphatic rings. The van der Waals surface area contributed by atoms with Crippen LogP contribution >= 0.6 is 0 Å². The first-order chi connectivity index (χ1) is 19.0. The van der Waals surface area contributed by atoms with Crippen molar-refractivity contribution >= 4 is 27.5 Å². The van der Waals surface area contributed by atoms with Crippen LogP contribution in [0.25, 0.3) is 0 Å². The van der Waals surface area contributed by atoms with Crippen LogP contribution in [-0.4, -0.2) is 51.4 Å². The van der Waals surface area contributed by atoms with E-state index < -0.39 is 27.8 Å². The number of benzene rings is 3. The lowest BCUT2D eigenvalue weighted by Gasteiger charge is -2.29. The van der Waals surface area contributed by atoms with Crippen LogP contribution in [0.1, 0.15) is 26.3 Å². The first-order valence-corrected chi connectivity index (χ1v) is 14.2. The number of nitrogens with zero attached hydrogens (tertiary/aromatic N) is 1. The summed E-state index contributed by atoms with van der Waals surface area (Å²) in [7, 11) is -2.35. The Bertz CT molecular complexity index is 1380. The summed E-state index contributed by atoms with van der Waals surface area (Å²) in [5.74, 6) is 0.0212.